The van der Waals surface area contributed by atoms with Gasteiger partial charge in [0.15, 0.2) is 0 Å². The maximum absolute atomic E-state index is 4.35. The Morgan fingerprint density at radius 1 is 1.08 bits per heavy atom. The smallest absolute Gasteiger partial charge is 0.0470 e. The van der Waals surface area contributed by atoms with Crippen molar-refractivity contribution in [2.75, 3.05) is 7.05 Å². The minimum absolute atomic E-state index is 0.121. The largest absolute Gasteiger partial charge is 0.292 e. The van der Waals surface area contributed by atoms with E-state index in [4.69, 9.17) is 0 Å². The normalized spacial score (nSPS) is 13.1. The molecule has 0 saturated carbocycles. The predicted molar refractivity (Wildman–Crippen MR) is 58.4 cm³/mol. The summed E-state index contributed by atoms with van der Waals surface area (Å²) in [6, 6.07) is 10.3. The van der Waals surface area contributed by atoms with Crippen molar-refractivity contribution in [2.24, 2.45) is 10.4 Å². The minimum Gasteiger partial charge on any atom is -0.292 e. The van der Waals surface area contributed by atoms with Crippen LogP contribution in [0.5, 0.6) is 0 Å². The summed E-state index contributed by atoms with van der Waals surface area (Å²) in [6.07, 6.45) is 0. The Labute approximate surface area is 80.5 Å². The van der Waals surface area contributed by atoms with E-state index < -0.39 is 0 Å². The second kappa shape index (κ2) is 3.73. The van der Waals surface area contributed by atoms with Crippen LogP contribution in [-0.2, 0) is 0 Å². The Morgan fingerprint density at radius 2 is 1.62 bits per heavy atom. The number of hydrogen-bond donors (Lipinski definition) is 0. The van der Waals surface area contributed by atoms with Crippen molar-refractivity contribution >= 4 is 5.71 Å². The molecule has 0 aromatic heterocycles. The van der Waals surface area contributed by atoms with Crippen LogP contribution in [0.1, 0.15) is 26.3 Å². The van der Waals surface area contributed by atoms with Crippen LogP contribution in [0.4, 0.5) is 0 Å². The summed E-state index contributed by atoms with van der Waals surface area (Å²) in [7, 11) is 1.85. The summed E-state index contributed by atoms with van der Waals surface area (Å²) in [5.41, 5.74) is 2.50. The Balaban J connectivity index is 3.08. The van der Waals surface area contributed by atoms with Gasteiger partial charge in [0.05, 0.1) is 0 Å². The predicted octanol–water partition coefficient (Wildman–Crippen LogP) is 3.15. The van der Waals surface area contributed by atoms with Gasteiger partial charge in [0.25, 0.3) is 0 Å². The van der Waals surface area contributed by atoms with Crippen molar-refractivity contribution in [3.8, 4) is 0 Å². The van der Waals surface area contributed by atoms with E-state index in [-0.39, 0.29) is 5.41 Å². The molecular weight excluding hydrogens is 158 g/mol. The number of hydrogen-bond acceptors (Lipinski definition) is 1. The molecule has 0 spiro atoms. The van der Waals surface area contributed by atoms with E-state index in [2.05, 4.69) is 37.9 Å². The third-order valence-corrected chi connectivity index (χ3v) is 1.98. The van der Waals surface area contributed by atoms with Crippen LogP contribution in [0.15, 0.2) is 35.3 Å². The summed E-state index contributed by atoms with van der Waals surface area (Å²) in [5.74, 6) is 0. The maximum Gasteiger partial charge on any atom is 0.0470 e. The fourth-order valence-corrected chi connectivity index (χ4v) is 1.49. The average Bonchev–Trinajstić information content (AvgIpc) is 2.05. The Morgan fingerprint density at radius 3 is 2.00 bits per heavy atom. The zero-order valence-corrected chi connectivity index (χ0v) is 8.83. The molecule has 0 saturated heterocycles. The third-order valence-electron chi connectivity index (χ3n) is 1.98. The Kier molecular flexibility index (Phi) is 2.86. The Bertz CT molecular complexity index is 291. The van der Waals surface area contributed by atoms with Gasteiger partial charge in [0.2, 0.25) is 0 Å². The molecule has 13 heavy (non-hydrogen) atoms. The molecule has 0 unspecified atom stereocenters. The maximum atomic E-state index is 4.35. The lowest BCUT2D eigenvalue weighted by Gasteiger charge is -2.21. The molecule has 0 radical (unpaired) electrons. The van der Waals surface area contributed by atoms with Gasteiger partial charge in [-0.1, -0.05) is 51.1 Å². The van der Waals surface area contributed by atoms with Gasteiger partial charge < -0.3 is 0 Å². The van der Waals surface area contributed by atoms with E-state index in [1.54, 1.807) is 0 Å². The highest BCUT2D eigenvalue weighted by Gasteiger charge is 2.19. The van der Waals surface area contributed by atoms with Gasteiger partial charge >= 0.3 is 0 Å². The first-order chi connectivity index (χ1) is 6.05. The van der Waals surface area contributed by atoms with Crippen molar-refractivity contribution < 1.29 is 0 Å². The van der Waals surface area contributed by atoms with Gasteiger partial charge in [-0.2, -0.15) is 0 Å². The molecular formula is C12H17N. The molecule has 1 rings (SSSR count). The molecule has 1 heteroatoms. The molecule has 1 nitrogen and oxygen atoms in total. The van der Waals surface area contributed by atoms with Crippen LogP contribution in [0.2, 0.25) is 0 Å². The van der Waals surface area contributed by atoms with E-state index in [0.717, 1.165) is 5.71 Å². The lowest BCUT2D eigenvalue weighted by molar-refractivity contribution is 0.591. The molecule has 1 aromatic rings. The highest BCUT2D eigenvalue weighted by molar-refractivity contribution is 6.03. The molecule has 0 bridgehead atoms. The minimum atomic E-state index is 0.121. The van der Waals surface area contributed by atoms with Crippen LogP contribution in [0, 0.1) is 5.41 Å². The molecule has 0 aliphatic rings. The van der Waals surface area contributed by atoms with Crippen molar-refractivity contribution in [1.82, 2.24) is 0 Å². The monoisotopic (exact) mass is 175 g/mol. The lowest BCUT2D eigenvalue weighted by Crippen LogP contribution is -2.21. The summed E-state index contributed by atoms with van der Waals surface area (Å²) < 4.78 is 0. The number of benzene rings is 1. The number of nitrogens with zero attached hydrogens (tertiary/aromatic N) is 1. The summed E-state index contributed by atoms with van der Waals surface area (Å²) in [4.78, 5) is 4.35. The second-order valence-electron chi connectivity index (χ2n) is 4.19. The van der Waals surface area contributed by atoms with Crippen LogP contribution in [-0.4, -0.2) is 12.8 Å². The van der Waals surface area contributed by atoms with Crippen molar-refractivity contribution in [2.45, 2.75) is 20.8 Å². The van der Waals surface area contributed by atoms with Crippen LogP contribution in [0.25, 0.3) is 0 Å². The number of aliphatic imine (C=N–C) groups is 1. The molecule has 1 aromatic carbocycles. The highest BCUT2D eigenvalue weighted by Crippen LogP contribution is 2.21. The van der Waals surface area contributed by atoms with Gasteiger partial charge in [-0.15, -0.1) is 0 Å². The van der Waals surface area contributed by atoms with Gasteiger partial charge in [-0.3, -0.25) is 4.99 Å². The molecule has 0 aliphatic carbocycles. The summed E-state index contributed by atoms with van der Waals surface area (Å²) in [5, 5.41) is 0. The van der Waals surface area contributed by atoms with Crippen LogP contribution >= 0.6 is 0 Å². The topological polar surface area (TPSA) is 12.4 Å². The first kappa shape index (κ1) is 9.97. The molecule has 0 heterocycles. The molecule has 70 valence electrons. The van der Waals surface area contributed by atoms with Crippen LogP contribution < -0.4 is 0 Å². The molecule has 0 N–H and O–H groups in total. The molecule has 0 fully saturated rings. The van der Waals surface area contributed by atoms with E-state index >= 15 is 0 Å². The van der Waals surface area contributed by atoms with Crippen molar-refractivity contribution in [3.63, 3.8) is 0 Å². The van der Waals surface area contributed by atoms with Gasteiger partial charge in [-0.25, -0.2) is 0 Å². The standard InChI is InChI=1S/C12H17N/c1-12(2,3)11(13-4)10-8-6-5-7-9-10/h5-9H,1-4H3/b13-11+. The zero-order valence-electron chi connectivity index (χ0n) is 8.83. The molecule has 0 atom stereocenters. The lowest BCUT2D eigenvalue weighted by atomic mass is 9.85. The molecule has 0 amide bonds. The number of rotatable bonds is 1. The average molecular weight is 175 g/mol. The van der Waals surface area contributed by atoms with E-state index in [1.807, 2.05) is 25.2 Å². The highest BCUT2D eigenvalue weighted by atomic mass is 14.7. The van der Waals surface area contributed by atoms with E-state index in [0.29, 0.717) is 0 Å². The van der Waals surface area contributed by atoms with Crippen molar-refractivity contribution in [1.29, 1.82) is 0 Å². The Hall–Kier alpha value is -1.11. The quantitative estimate of drug-likeness (QED) is 0.581. The van der Waals surface area contributed by atoms with E-state index in [9.17, 15) is 0 Å². The SMILES string of the molecule is C/N=C(\c1ccccc1)C(C)(C)C. The summed E-state index contributed by atoms with van der Waals surface area (Å²) in [6.45, 7) is 6.55. The van der Waals surface area contributed by atoms with Gasteiger partial charge in [-0.05, 0) is 5.56 Å². The third kappa shape index (κ3) is 2.41. The first-order valence-corrected chi connectivity index (χ1v) is 4.58. The van der Waals surface area contributed by atoms with Crippen molar-refractivity contribution in [3.05, 3.63) is 35.9 Å². The second-order valence-corrected chi connectivity index (χ2v) is 4.19. The zero-order chi connectivity index (χ0) is 9.90. The van der Waals surface area contributed by atoms with Gasteiger partial charge in [0, 0.05) is 18.2 Å². The molecule has 0 aliphatic heterocycles. The van der Waals surface area contributed by atoms with Gasteiger partial charge in [0.1, 0.15) is 0 Å². The summed E-state index contributed by atoms with van der Waals surface area (Å²) >= 11 is 0. The first-order valence-electron chi connectivity index (χ1n) is 4.58. The van der Waals surface area contributed by atoms with E-state index in [1.165, 1.54) is 5.56 Å². The fourth-order valence-electron chi connectivity index (χ4n) is 1.49. The van der Waals surface area contributed by atoms with Crippen LogP contribution in [0.3, 0.4) is 0 Å². The fraction of sp³-hybridized carbons (Fsp3) is 0.417.